The molecule has 5 N–H and O–H groups in total. The van der Waals surface area contributed by atoms with E-state index < -0.39 is 21.7 Å². The SMILES string of the molecule is CC[C@H]1CN(c2nc(N)c(C(=O)NCCO)nc2Cl)CCN1C1CCN(Cc2cc(F)c(Cl)cc2OCCNS(C)(=O)=O)CC1. The number of benzene rings is 1. The van der Waals surface area contributed by atoms with Crippen molar-refractivity contribution in [2.75, 3.05) is 75.9 Å². The highest BCUT2D eigenvalue weighted by atomic mass is 35.5. The summed E-state index contributed by atoms with van der Waals surface area (Å²) in [5.41, 5.74) is 6.65. The Labute approximate surface area is 273 Å². The number of nitrogens with zero attached hydrogens (tertiary/aromatic N) is 5. The van der Waals surface area contributed by atoms with Gasteiger partial charge in [0.2, 0.25) is 10.0 Å². The number of aromatic nitrogens is 2. The monoisotopic (exact) mass is 690 g/mol. The lowest BCUT2D eigenvalue weighted by Crippen LogP contribution is -2.58. The molecule has 17 heteroatoms. The number of halogens is 3. The molecule has 1 aromatic heterocycles. The summed E-state index contributed by atoms with van der Waals surface area (Å²) >= 11 is 12.5. The molecular weight excluding hydrogens is 650 g/mol. The number of nitrogens with one attached hydrogen (secondary N) is 2. The van der Waals surface area contributed by atoms with Crippen molar-refractivity contribution in [2.24, 2.45) is 0 Å². The number of ether oxygens (including phenoxy) is 1. The molecule has 0 aliphatic carbocycles. The summed E-state index contributed by atoms with van der Waals surface area (Å²) in [5.74, 6) is -0.217. The molecule has 2 aliphatic rings. The molecule has 45 heavy (non-hydrogen) atoms. The molecule has 1 aromatic carbocycles. The lowest BCUT2D eigenvalue weighted by Gasteiger charge is -2.47. The van der Waals surface area contributed by atoms with E-state index in [9.17, 15) is 17.6 Å². The van der Waals surface area contributed by atoms with Crippen molar-refractivity contribution in [3.63, 3.8) is 0 Å². The summed E-state index contributed by atoms with van der Waals surface area (Å²) in [6.07, 6.45) is 3.86. The Kier molecular flexibility index (Phi) is 12.4. The minimum absolute atomic E-state index is 0.0209. The van der Waals surface area contributed by atoms with Crippen molar-refractivity contribution in [3.8, 4) is 5.75 Å². The average Bonchev–Trinajstić information content (AvgIpc) is 3.00. The van der Waals surface area contributed by atoms with E-state index in [0.29, 0.717) is 42.8 Å². The maximum Gasteiger partial charge on any atom is 0.273 e. The molecular formula is C28H41Cl2FN8O5S. The van der Waals surface area contributed by atoms with Gasteiger partial charge in [-0.05, 0) is 38.4 Å². The number of carbonyl (C=O) groups is 1. The van der Waals surface area contributed by atoms with E-state index in [-0.39, 0.29) is 54.0 Å². The summed E-state index contributed by atoms with van der Waals surface area (Å²) in [6, 6.07) is 3.44. The van der Waals surface area contributed by atoms with Crippen molar-refractivity contribution in [1.82, 2.24) is 29.8 Å². The van der Waals surface area contributed by atoms with Crippen LogP contribution in [0.1, 0.15) is 42.2 Å². The lowest BCUT2D eigenvalue weighted by molar-refractivity contribution is 0.0607. The molecule has 0 bridgehead atoms. The number of likely N-dealkylation sites (tertiary alicyclic amines) is 1. The van der Waals surface area contributed by atoms with Gasteiger partial charge in [0, 0.05) is 63.0 Å². The number of sulfonamides is 1. The van der Waals surface area contributed by atoms with Crippen LogP contribution in [0.4, 0.5) is 16.0 Å². The second kappa shape index (κ2) is 15.8. The normalized spacial score (nSPS) is 18.7. The van der Waals surface area contributed by atoms with Crippen molar-refractivity contribution in [3.05, 3.63) is 39.4 Å². The van der Waals surface area contributed by atoms with Gasteiger partial charge in [-0.25, -0.2) is 27.5 Å². The molecule has 0 radical (unpaired) electrons. The second-order valence-corrected chi connectivity index (χ2v) is 13.8. The smallest absolute Gasteiger partial charge is 0.273 e. The lowest BCUT2D eigenvalue weighted by atomic mass is 9.97. The van der Waals surface area contributed by atoms with Crippen LogP contribution in [0.5, 0.6) is 5.75 Å². The number of rotatable bonds is 13. The van der Waals surface area contributed by atoms with E-state index >= 15 is 0 Å². The predicted molar refractivity (Wildman–Crippen MR) is 172 cm³/mol. The van der Waals surface area contributed by atoms with Gasteiger partial charge in [-0.15, -0.1) is 0 Å². The fourth-order valence-corrected chi connectivity index (χ4v) is 6.67. The largest absolute Gasteiger partial charge is 0.492 e. The van der Waals surface area contributed by atoms with Gasteiger partial charge in [-0.3, -0.25) is 14.6 Å². The zero-order chi connectivity index (χ0) is 32.7. The summed E-state index contributed by atoms with van der Waals surface area (Å²) in [6.45, 7) is 6.43. The van der Waals surface area contributed by atoms with E-state index in [2.05, 4.69) is 41.6 Å². The Morgan fingerprint density at radius 2 is 1.91 bits per heavy atom. The zero-order valence-corrected chi connectivity index (χ0v) is 27.8. The van der Waals surface area contributed by atoms with Gasteiger partial charge in [0.1, 0.15) is 18.2 Å². The number of piperazine rings is 1. The van der Waals surface area contributed by atoms with Crippen molar-refractivity contribution >= 4 is 50.8 Å². The Hall–Kier alpha value is -2.53. The molecule has 0 unspecified atom stereocenters. The molecule has 1 amide bonds. The molecule has 4 rings (SSSR count). The average molecular weight is 692 g/mol. The Balaban J connectivity index is 1.34. The molecule has 2 aliphatic heterocycles. The molecule has 3 heterocycles. The van der Waals surface area contributed by atoms with Crippen LogP contribution in [0.2, 0.25) is 10.2 Å². The number of hydrogen-bond donors (Lipinski definition) is 4. The summed E-state index contributed by atoms with van der Waals surface area (Å²) < 4.78 is 45.2. The van der Waals surface area contributed by atoms with Gasteiger partial charge in [0.25, 0.3) is 5.91 Å². The first-order valence-electron chi connectivity index (χ1n) is 14.9. The Bertz CT molecular complexity index is 1450. The quantitative estimate of drug-likeness (QED) is 0.226. The topological polar surface area (TPSA) is 166 Å². The van der Waals surface area contributed by atoms with Crippen molar-refractivity contribution in [2.45, 2.75) is 44.8 Å². The molecule has 13 nitrogen and oxygen atoms in total. The van der Waals surface area contributed by atoms with E-state index in [4.69, 9.17) is 38.8 Å². The van der Waals surface area contributed by atoms with Gasteiger partial charge in [-0.2, -0.15) is 0 Å². The number of amides is 1. The van der Waals surface area contributed by atoms with Crippen LogP contribution in [0.25, 0.3) is 0 Å². The highest BCUT2D eigenvalue weighted by molar-refractivity contribution is 7.88. The number of aliphatic hydroxyl groups is 1. The number of nitrogen functional groups attached to an aromatic ring is 1. The van der Waals surface area contributed by atoms with Crippen LogP contribution in [0, 0.1) is 5.82 Å². The maximum absolute atomic E-state index is 14.4. The minimum Gasteiger partial charge on any atom is -0.492 e. The number of nitrogens with two attached hydrogens (primary N) is 1. The molecule has 0 spiro atoms. The fourth-order valence-electron chi connectivity index (χ4n) is 5.81. The third-order valence-electron chi connectivity index (χ3n) is 8.02. The third-order valence-corrected chi connectivity index (χ3v) is 9.29. The number of hydrogen-bond acceptors (Lipinski definition) is 11. The van der Waals surface area contributed by atoms with E-state index in [1.807, 2.05) is 0 Å². The first-order valence-corrected chi connectivity index (χ1v) is 17.5. The summed E-state index contributed by atoms with van der Waals surface area (Å²) in [7, 11) is -3.34. The second-order valence-electron chi connectivity index (χ2n) is 11.2. The number of anilines is 2. The first kappa shape index (κ1) is 35.3. The van der Waals surface area contributed by atoms with E-state index in [1.54, 1.807) is 0 Å². The minimum atomic E-state index is -3.34. The molecule has 2 fully saturated rings. The summed E-state index contributed by atoms with van der Waals surface area (Å²) in [5, 5.41) is 11.5. The van der Waals surface area contributed by atoms with Gasteiger partial charge in [-0.1, -0.05) is 30.1 Å². The van der Waals surface area contributed by atoms with Crippen LogP contribution < -0.4 is 25.4 Å². The zero-order valence-electron chi connectivity index (χ0n) is 25.4. The molecule has 0 saturated carbocycles. The summed E-state index contributed by atoms with van der Waals surface area (Å²) in [4.78, 5) is 27.8. The number of piperidine rings is 1. The molecule has 1 atom stereocenters. The Morgan fingerprint density at radius 3 is 2.58 bits per heavy atom. The third kappa shape index (κ3) is 9.50. The van der Waals surface area contributed by atoms with E-state index in [1.165, 1.54) is 12.1 Å². The predicted octanol–water partition coefficient (Wildman–Crippen LogP) is 1.72. The van der Waals surface area contributed by atoms with Gasteiger partial charge < -0.3 is 25.8 Å². The molecule has 2 aromatic rings. The highest BCUT2D eigenvalue weighted by Gasteiger charge is 2.34. The van der Waals surface area contributed by atoms with Crippen LogP contribution in [-0.4, -0.2) is 117 Å². The maximum atomic E-state index is 14.4. The van der Waals surface area contributed by atoms with Crippen LogP contribution in [-0.2, 0) is 16.6 Å². The van der Waals surface area contributed by atoms with Crippen molar-refractivity contribution in [1.29, 1.82) is 0 Å². The number of aliphatic hydroxyl groups excluding tert-OH is 1. The number of carbonyl (C=O) groups excluding carboxylic acids is 1. The highest BCUT2D eigenvalue weighted by Crippen LogP contribution is 2.32. The van der Waals surface area contributed by atoms with Crippen LogP contribution in [0.15, 0.2) is 12.1 Å². The molecule has 2 saturated heterocycles. The standard InChI is InChI=1S/C28H41Cl2FN8O5S/c1-3-19-17-38(27-25(30)35-24(26(32)36-27)28(41)33-6-12-40)10-11-39(19)20-4-8-37(9-5-20)16-18-14-22(31)21(29)15-23(18)44-13-7-34-45(2,42)43/h14-15,19-20,34,40H,3-13,16-17H2,1-2H3,(H2,32,36)(H,33,41)/t19-/m0/s1. The first-order chi connectivity index (χ1) is 21.4. The Morgan fingerprint density at radius 1 is 1.18 bits per heavy atom. The van der Waals surface area contributed by atoms with Gasteiger partial charge >= 0.3 is 0 Å². The van der Waals surface area contributed by atoms with Crippen LogP contribution >= 0.6 is 23.2 Å². The van der Waals surface area contributed by atoms with Gasteiger partial charge in [0.05, 0.1) is 17.9 Å². The van der Waals surface area contributed by atoms with Crippen LogP contribution in [0.3, 0.4) is 0 Å². The van der Waals surface area contributed by atoms with Gasteiger partial charge in [0.15, 0.2) is 22.5 Å². The van der Waals surface area contributed by atoms with Crippen molar-refractivity contribution < 1.29 is 27.4 Å². The fraction of sp³-hybridized carbons (Fsp3) is 0.607. The van der Waals surface area contributed by atoms with E-state index in [0.717, 1.165) is 45.2 Å². The molecule has 250 valence electrons.